The lowest BCUT2D eigenvalue weighted by atomic mass is 9.96. The summed E-state index contributed by atoms with van der Waals surface area (Å²) in [6.45, 7) is 11.4. The molecule has 8 rings (SSSR count). The fourth-order valence-corrected chi connectivity index (χ4v) is 9.50. The molecule has 3 fully saturated rings. The topological polar surface area (TPSA) is 25.0 Å². The summed E-state index contributed by atoms with van der Waals surface area (Å²) in [5.41, 5.74) is 5.83. The fraction of sp³-hybridized carbons (Fsp3) is 0.417. The van der Waals surface area contributed by atoms with E-state index in [0.29, 0.717) is 24.2 Å². The zero-order chi connectivity index (χ0) is 35.7. The van der Waals surface area contributed by atoms with Crippen molar-refractivity contribution in [3.8, 4) is 0 Å². The molecule has 5 nitrogen and oxygen atoms in total. The van der Waals surface area contributed by atoms with Crippen molar-refractivity contribution in [1.29, 1.82) is 0 Å². The molecular weight excluding hydrogens is 647 g/mol. The van der Waals surface area contributed by atoms with Gasteiger partial charge in [-0.05, 0) is 78.1 Å². The molecule has 276 valence electrons. The lowest BCUT2D eigenvalue weighted by Gasteiger charge is -2.46. The maximum Gasteiger partial charge on any atom is 0.0264 e. The Hall–Kier alpha value is -3.84. The van der Waals surface area contributed by atoms with Crippen molar-refractivity contribution in [3.05, 3.63) is 156 Å². The molecule has 1 unspecified atom stereocenters. The average Bonchev–Trinajstić information content (AvgIpc) is 3.65. The highest BCUT2D eigenvalue weighted by molar-refractivity contribution is 5.83. The molecule has 1 N–H and O–H groups in total. The Morgan fingerprint density at radius 3 is 2.00 bits per heavy atom. The molecule has 0 spiro atoms. The summed E-state index contributed by atoms with van der Waals surface area (Å²) < 4.78 is 0. The van der Waals surface area contributed by atoms with Crippen molar-refractivity contribution in [2.45, 2.75) is 62.7 Å². The molecule has 0 saturated carbocycles. The summed E-state index contributed by atoms with van der Waals surface area (Å²) in [6, 6.07) is 51.7. The minimum absolute atomic E-state index is 0.481. The molecule has 3 aliphatic rings. The highest BCUT2D eigenvalue weighted by atomic mass is 15.3. The van der Waals surface area contributed by atoms with Crippen molar-refractivity contribution in [1.82, 2.24) is 24.9 Å². The second-order valence-corrected chi connectivity index (χ2v) is 16.0. The Balaban J connectivity index is 1.01. The number of rotatable bonds is 14. The van der Waals surface area contributed by atoms with Crippen molar-refractivity contribution in [3.63, 3.8) is 0 Å². The Morgan fingerprint density at radius 2 is 1.25 bits per heavy atom. The third-order valence-electron chi connectivity index (χ3n) is 12.5. The van der Waals surface area contributed by atoms with E-state index in [4.69, 9.17) is 0 Å². The number of nitrogens with zero attached hydrogens (tertiary/aromatic N) is 4. The fourth-order valence-electron chi connectivity index (χ4n) is 9.50. The normalized spacial score (nSPS) is 22.7. The van der Waals surface area contributed by atoms with Gasteiger partial charge in [-0.3, -0.25) is 19.6 Å². The number of fused-ring (bicyclic) bond motifs is 1. The molecule has 4 atom stereocenters. The molecule has 5 heteroatoms. The molecule has 3 saturated heterocycles. The molecular formula is C48H59N5. The van der Waals surface area contributed by atoms with Crippen LogP contribution in [0.4, 0.5) is 0 Å². The van der Waals surface area contributed by atoms with Crippen molar-refractivity contribution in [2.75, 3.05) is 65.4 Å². The molecule has 0 amide bonds. The first-order valence-electron chi connectivity index (χ1n) is 20.5. The van der Waals surface area contributed by atoms with Crippen LogP contribution in [-0.2, 0) is 25.7 Å². The molecule has 0 aromatic heterocycles. The molecule has 5 aromatic rings. The second kappa shape index (κ2) is 18.0. The van der Waals surface area contributed by atoms with E-state index >= 15 is 0 Å². The van der Waals surface area contributed by atoms with E-state index < -0.39 is 0 Å². The van der Waals surface area contributed by atoms with Crippen LogP contribution in [0.25, 0.3) is 10.8 Å². The number of hydrogen-bond donors (Lipinski definition) is 1. The maximum absolute atomic E-state index is 3.71. The summed E-state index contributed by atoms with van der Waals surface area (Å²) in [5.74, 6) is 0. The van der Waals surface area contributed by atoms with Crippen LogP contribution >= 0.6 is 0 Å². The largest absolute Gasteiger partial charge is 0.314 e. The highest BCUT2D eigenvalue weighted by Gasteiger charge is 2.36. The predicted molar refractivity (Wildman–Crippen MR) is 222 cm³/mol. The summed E-state index contributed by atoms with van der Waals surface area (Å²) >= 11 is 0. The lowest BCUT2D eigenvalue weighted by molar-refractivity contribution is 0.0299. The first-order chi connectivity index (χ1) is 26.2. The Labute approximate surface area is 318 Å². The van der Waals surface area contributed by atoms with Crippen LogP contribution in [0.3, 0.4) is 0 Å². The highest BCUT2D eigenvalue weighted by Crippen LogP contribution is 2.26. The Bertz CT molecular complexity index is 1830. The molecule has 0 bridgehead atoms. The summed E-state index contributed by atoms with van der Waals surface area (Å²) in [5, 5.41) is 6.41. The molecule has 0 radical (unpaired) electrons. The van der Waals surface area contributed by atoms with E-state index in [0.717, 1.165) is 78.0 Å². The average molecular weight is 706 g/mol. The van der Waals surface area contributed by atoms with Crippen LogP contribution in [0.5, 0.6) is 0 Å². The number of piperazine rings is 2. The predicted octanol–water partition coefficient (Wildman–Crippen LogP) is 7.20. The van der Waals surface area contributed by atoms with Gasteiger partial charge in [0.05, 0.1) is 0 Å². The van der Waals surface area contributed by atoms with Crippen molar-refractivity contribution < 1.29 is 0 Å². The van der Waals surface area contributed by atoms with Gasteiger partial charge in [-0.2, -0.15) is 0 Å². The van der Waals surface area contributed by atoms with Gasteiger partial charge >= 0.3 is 0 Å². The van der Waals surface area contributed by atoms with Gasteiger partial charge in [0.1, 0.15) is 0 Å². The third-order valence-corrected chi connectivity index (χ3v) is 12.5. The molecule has 5 aromatic carbocycles. The SMILES string of the molecule is c1ccc(CCN2CCN([C@@H](Cc3ccc4ccccc4c3)CN3CCCC3CN3CCNC[C@@H]3Cc3ccccc3)C[C@@H]2Cc2ccccc2)cc1. The first kappa shape index (κ1) is 36.2. The van der Waals surface area contributed by atoms with E-state index in [1.807, 2.05) is 0 Å². The number of benzene rings is 5. The van der Waals surface area contributed by atoms with E-state index in [2.05, 4.69) is 158 Å². The van der Waals surface area contributed by atoms with Gasteiger partial charge in [-0.15, -0.1) is 0 Å². The smallest absolute Gasteiger partial charge is 0.0264 e. The van der Waals surface area contributed by atoms with E-state index in [-0.39, 0.29) is 0 Å². The molecule has 0 aliphatic carbocycles. The van der Waals surface area contributed by atoms with Gasteiger partial charge < -0.3 is 5.32 Å². The van der Waals surface area contributed by atoms with Crippen molar-refractivity contribution in [2.24, 2.45) is 0 Å². The van der Waals surface area contributed by atoms with Crippen molar-refractivity contribution >= 4 is 10.8 Å². The standard InChI is InChI=1S/C48H59N5/c1-4-13-39(14-5-1)24-27-50-29-30-53(37-47(50)33-41-17-8-3-9-18-41)48(34-42-22-23-43-19-10-11-20-44(43)31-42)38-51-26-12-21-45(51)36-52-28-25-49-35-46(52)32-40-15-6-2-7-16-40/h1-11,13-20,22-23,31,45-49H,12,21,24-30,32-38H2/t45?,46-,47-,48-/m0/s1. The van der Waals surface area contributed by atoms with Crippen LogP contribution in [0.2, 0.25) is 0 Å². The van der Waals surface area contributed by atoms with Gasteiger partial charge in [-0.25, -0.2) is 0 Å². The molecule has 3 aliphatic heterocycles. The monoisotopic (exact) mass is 705 g/mol. The Morgan fingerprint density at radius 1 is 0.566 bits per heavy atom. The third kappa shape index (κ3) is 9.64. The van der Waals surface area contributed by atoms with Crippen LogP contribution in [-0.4, -0.2) is 109 Å². The van der Waals surface area contributed by atoms with Gasteiger partial charge in [0.25, 0.3) is 0 Å². The number of hydrogen-bond acceptors (Lipinski definition) is 5. The minimum atomic E-state index is 0.481. The van der Waals surface area contributed by atoms with E-state index in [9.17, 15) is 0 Å². The zero-order valence-corrected chi connectivity index (χ0v) is 31.6. The van der Waals surface area contributed by atoms with Gasteiger partial charge in [0.15, 0.2) is 0 Å². The van der Waals surface area contributed by atoms with Gasteiger partial charge in [0.2, 0.25) is 0 Å². The lowest BCUT2D eigenvalue weighted by Crippen LogP contribution is -2.60. The summed E-state index contributed by atoms with van der Waals surface area (Å²) in [4.78, 5) is 11.4. The quantitative estimate of drug-likeness (QED) is 0.132. The first-order valence-corrected chi connectivity index (χ1v) is 20.5. The van der Waals surface area contributed by atoms with Crippen LogP contribution in [0, 0.1) is 0 Å². The van der Waals surface area contributed by atoms with Gasteiger partial charge in [0, 0.05) is 83.1 Å². The van der Waals surface area contributed by atoms with Crippen LogP contribution < -0.4 is 5.32 Å². The van der Waals surface area contributed by atoms with Crippen LogP contribution in [0.15, 0.2) is 133 Å². The maximum atomic E-state index is 3.71. The summed E-state index contributed by atoms with van der Waals surface area (Å²) in [6.07, 6.45) is 7.07. The summed E-state index contributed by atoms with van der Waals surface area (Å²) in [7, 11) is 0. The minimum Gasteiger partial charge on any atom is -0.314 e. The molecule has 3 heterocycles. The number of nitrogens with one attached hydrogen (secondary N) is 1. The molecule has 53 heavy (non-hydrogen) atoms. The van der Waals surface area contributed by atoms with Gasteiger partial charge in [-0.1, -0.05) is 133 Å². The zero-order valence-electron chi connectivity index (χ0n) is 31.6. The van der Waals surface area contributed by atoms with Crippen LogP contribution in [0.1, 0.15) is 35.1 Å². The van der Waals surface area contributed by atoms with E-state index in [1.165, 1.54) is 59.0 Å². The number of likely N-dealkylation sites (tertiary alicyclic amines) is 1. The van der Waals surface area contributed by atoms with E-state index in [1.54, 1.807) is 0 Å². The Kier molecular flexibility index (Phi) is 12.3. The second-order valence-electron chi connectivity index (χ2n) is 16.0.